The Balaban J connectivity index is 2.48. The van der Waals surface area contributed by atoms with E-state index in [0.717, 1.165) is 18.2 Å². The molecule has 0 aliphatic rings. The summed E-state index contributed by atoms with van der Waals surface area (Å²) in [5.41, 5.74) is 0. The van der Waals surface area contributed by atoms with Crippen LogP contribution in [0.5, 0.6) is 0 Å². The molecule has 8 heteroatoms. The summed E-state index contributed by atoms with van der Waals surface area (Å²) in [6, 6.07) is 3.06. The molecule has 0 spiro atoms. The predicted molar refractivity (Wildman–Crippen MR) is 72.7 cm³/mol. The maximum Gasteiger partial charge on any atom is 0.303 e. The summed E-state index contributed by atoms with van der Waals surface area (Å²) < 4.78 is 39.0. The van der Waals surface area contributed by atoms with Crippen molar-refractivity contribution in [2.45, 2.75) is 30.6 Å². The minimum absolute atomic E-state index is 0.0660. The van der Waals surface area contributed by atoms with Gasteiger partial charge in [-0.15, -0.1) is 0 Å². The number of halogens is 2. The molecule has 0 atom stereocenters. The number of aliphatic carboxylic acids is 1. The zero-order valence-electron chi connectivity index (χ0n) is 10.6. The number of carboxylic acid groups (broad SMARTS) is 1. The molecular weight excluding hydrogens is 309 g/mol. The van der Waals surface area contributed by atoms with Crippen LogP contribution in [0.2, 0.25) is 5.02 Å². The van der Waals surface area contributed by atoms with Gasteiger partial charge in [-0.2, -0.15) is 0 Å². The van der Waals surface area contributed by atoms with E-state index in [2.05, 4.69) is 4.72 Å². The summed E-state index contributed by atoms with van der Waals surface area (Å²) in [6.45, 7) is 0.176. The number of carbonyl (C=O) groups is 1. The Morgan fingerprint density at radius 2 is 2.00 bits per heavy atom. The van der Waals surface area contributed by atoms with Gasteiger partial charge in [-0.3, -0.25) is 4.79 Å². The molecule has 0 aliphatic heterocycles. The Hall–Kier alpha value is -1.18. The molecule has 20 heavy (non-hydrogen) atoms. The van der Waals surface area contributed by atoms with E-state index in [0.29, 0.717) is 19.3 Å². The van der Waals surface area contributed by atoms with Gasteiger partial charge in [0.05, 0.1) is 5.02 Å². The van der Waals surface area contributed by atoms with Crippen LogP contribution < -0.4 is 4.72 Å². The van der Waals surface area contributed by atoms with Crippen molar-refractivity contribution in [2.24, 2.45) is 0 Å². The summed E-state index contributed by atoms with van der Waals surface area (Å²) in [4.78, 5) is 10.1. The standard InChI is InChI=1S/C12H15ClFNO4S/c13-10-8-9(14)5-6-11(10)20(18,19)15-7-3-1-2-4-12(16)17/h5-6,8,15H,1-4,7H2,(H,16,17). The first-order valence-corrected chi connectivity index (χ1v) is 7.85. The van der Waals surface area contributed by atoms with Gasteiger partial charge in [0.25, 0.3) is 0 Å². The fourth-order valence-corrected chi connectivity index (χ4v) is 3.16. The van der Waals surface area contributed by atoms with Crippen LogP contribution in [0.15, 0.2) is 23.1 Å². The largest absolute Gasteiger partial charge is 0.481 e. The Kier molecular flexibility index (Phi) is 6.38. The molecule has 2 N–H and O–H groups in total. The number of nitrogens with one attached hydrogen (secondary N) is 1. The lowest BCUT2D eigenvalue weighted by Gasteiger charge is -2.08. The van der Waals surface area contributed by atoms with Gasteiger partial charge in [0, 0.05) is 13.0 Å². The van der Waals surface area contributed by atoms with Crippen molar-refractivity contribution in [1.82, 2.24) is 4.72 Å². The number of hydrogen-bond acceptors (Lipinski definition) is 3. The molecule has 0 bridgehead atoms. The maximum absolute atomic E-state index is 12.8. The van der Waals surface area contributed by atoms with Crippen molar-refractivity contribution < 1.29 is 22.7 Å². The molecule has 0 fully saturated rings. The van der Waals surface area contributed by atoms with Gasteiger partial charge in [0.2, 0.25) is 10.0 Å². The zero-order valence-corrected chi connectivity index (χ0v) is 12.2. The third-order valence-electron chi connectivity index (χ3n) is 2.54. The van der Waals surface area contributed by atoms with Crippen LogP contribution in [-0.4, -0.2) is 26.0 Å². The van der Waals surface area contributed by atoms with E-state index < -0.39 is 21.8 Å². The second kappa shape index (κ2) is 7.56. The Morgan fingerprint density at radius 1 is 1.30 bits per heavy atom. The van der Waals surface area contributed by atoms with Gasteiger partial charge in [0.15, 0.2) is 0 Å². The quantitative estimate of drug-likeness (QED) is 0.720. The Bertz CT molecular complexity index is 577. The number of unbranched alkanes of at least 4 members (excludes halogenated alkanes) is 2. The summed E-state index contributed by atoms with van der Waals surface area (Å²) in [7, 11) is -3.78. The summed E-state index contributed by atoms with van der Waals surface area (Å²) in [6.07, 6.45) is 1.68. The molecular formula is C12H15ClFNO4S. The average Bonchev–Trinajstić information content (AvgIpc) is 2.32. The number of carboxylic acids is 1. The van der Waals surface area contributed by atoms with Crippen LogP contribution in [0.1, 0.15) is 25.7 Å². The second-order valence-electron chi connectivity index (χ2n) is 4.18. The van der Waals surface area contributed by atoms with Gasteiger partial charge in [0.1, 0.15) is 10.7 Å². The van der Waals surface area contributed by atoms with Crippen molar-refractivity contribution >= 4 is 27.6 Å². The monoisotopic (exact) mass is 323 g/mol. The second-order valence-corrected chi connectivity index (χ2v) is 6.32. The normalized spacial score (nSPS) is 11.5. The zero-order chi connectivity index (χ0) is 15.2. The molecule has 112 valence electrons. The fourth-order valence-electron chi connectivity index (χ4n) is 1.56. The molecule has 0 radical (unpaired) electrons. The highest BCUT2D eigenvalue weighted by molar-refractivity contribution is 7.89. The van der Waals surface area contributed by atoms with Crippen LogP contribution in [0, 0.1) is 5.82 Å². The average molecular weight is 324 g/mol. The molecule has 0 saturated heterocycles. The van der Waals surface area contributed by atoms with Crippen molar-refractivity contribution in [3.05, 3.63) is 29.0 Å². The number of benzene rings is 1. The minimum Gasteiger partial charge on any atom is -0.481 e. The first-order valence-electron chi connectivity index (χ1n) is 5.99. The summed E-state index contributed by atoms with van der Waals surface area (Å²) >= 11 is 5.69. The molecule has 0 aromatic heterocycles. The summed E-state index contributed by atoms with van der Waals surface area (Å²) in [5.74, 6) is -1.48. The van der Waals surface area contributed by atoms with Gasteiger partial charge in [-0.1, -0.05) is 18.0 Å². The van der Waals surface area contributed by atoms with Crippen LogP contribution in [0.3, 0.4) is 0 Å². The third kappa shape index (κ3) is 5.44. The SMILES string of the molecule is O=C(O)CCCCCNS(=O)(=O)c1ccc(F)cc1Cl. The first kappa shape index (κ1) is 16.9. The van der Waals surface area contributed by atoms with Crippen molar-refractivity contribution in [3.8, 4) is 0 Å². The van der Waals surface area contributed by atoms with E-state index in [1.807, 2.05) is 0 Å². The van der Waals surface area contributed by atoms with E-state index in [1.54, 1.807) is 0 Å². The molecule has 0 saturated carbocycles. The van der Waals surface area contributed by atoms with E-state index >= 15 is 0 Å². The predicted octanol–water partition coefficient (Wildman–Crippen LogP) is 2.40. The molecule has 1 aromatic carbocycles. The molecule has 5 nitrogen and oxygen atoms in total. The molecule has 0 aliphatic carbocycles. The van der Waals surface area contributed by atoms with Crippen molar-refractivity contribution in [1.29, 1.82) is 0 Å². The topological polar surface area (TPSA) is 83.5 Å². The van der Waals surface area contributed by atoms with Crippen LogP contribution in [0.25, 0.3) is 0 Å². The Morgan fingerprint density at radius 3 is 2.60 bits per heavy atom. The number of rotatable bonds is 8. The van der Waals surface area contributed by atoms with Gasteiger partial charge in [-0.05, 0) is 31.0 Å². The highest BCUT2D eigenvalue weighted by atomic mass is 35.5. The van der Waals surface area contributed by atoms with E-state index in [9.17, 15) is 17.6 Å². The van der Waals surface area contributed by atoms with Gasteiger partial charge >= 0.3 is 5.97 Å². The number of sulfonamides is 1. The fraction of sp³-hybridized carbons (Fsp3) is 0.417. The van der Waals surface area contributed by atoms with E-state index in [-0.39, 0.29) is 22.9 Å². The van der Waals surface area contributed by atoms with Crippen LogP contribution >= 0.6 is 11.6 Å². The maximum atomic E-state index is 12.8. The van der Waals surface area contributed by atoms with E-state index in [4.69, 9.17) is 16.7 Å². The molecule has 0 amide bonds. The first-order chi connectivity index (χ1) is 9.33. The number of hydrogen-bond donors (Lipinski definition) is 2. The lowest BCUT2D eigenvalue weighted by molar-refractivity contribution is -0.137. The smallest absolute Gasteiger partial charge is 0.303 e. The van der Waals surface area contributed by atoms with Gasteiger partial charge < -0.3 is 5.11 Å². The van der Waals surface area contributed by atoms with Crippen molar-refractivity contribution in [3.63, 3.8) is 0 Å². The van der Waals surface area contributed by atoms with E-state index in [1.165, 1.54) is 0 Å². The molecule has 0 heterocycles. The van der Waals surface area contributed by atoms with Gasteiger partial charge in [-0.25, -0.2) is 17.5 Å². The van der Waals surface area contributed by atoms with Crippen molar-refractivity contribution in [2.75, 3.05) is 6.54 Å². The lowest BCUT2D eigenvalue weighted by atomic mass is 10.2. The third-order valence-corrected chi connectivity index (χ3v) is 4.49. The van der Waals surface area contributed by atoms with Crippen LogP contribution in [-0.2, 0) is 14.8 Å². The summed E-state index contributed by atoms with van der Waals surface area (Å²) in [5, 5.41) is 8.27. The Labute approximate surface area is 121 Å². The highest BCUT2D eigenvalue weighted by Gasteiger charge is 2.17. The van der Waals surface area contributed by atoms with Crippen LogP contribution in [0.4, 0.5) is 4.39 Å². The highest BCUT2D eigenvalue weighted by Crippen LogP contribution is 2.21. The minimum atomic E-state index is -3.78. The lowest BCUT2D eigenvalue weighted by Crippen LogP contribution is -2.25. The molecule has 1 aromatic rings. The molecule has 1 rings (SSSR count). The molecule has 0 unspecified atom stereocenters.